The predicted octanol–water partition coefficient (Wildman–Crippen LogP) is 18.8. The highest BCUT2D eigenvalue weighted by molar-refractivity contribution is 5.92. The summed E-state index contributed by atoms with van der Waals surface area (Å²) in [5, 5.41) is 0. The summed E-state index contributed by atoms with van der Waals surface area (Å²) < 4.78 is 0. The van der Waals surface area contributed by atoms with Crippen molar-refractivity contribution in [1.29, 1.82) is 0 Å². The molecule has 65 heavy (non-hydrogen) atoms. The SMILES string of the molecule is C=C(C=C1/C(=C\C)C(C)(C)CC1(C)C)N(/C(C)=C/C=C(\C)C(C)(C)C)c1cc(C(C)(C)C)cc(N(c2cc3c(cc2C)CCC3(C)C)c2ccc(C(C)(C)C)cc2-c2ccccc2)c1C. The molecule has 2 aliphatic rings. The maximum absolute atomic E-state index is 5.00. The fourth-order valence-electron chi connectivity index (χ4n) is 10.6. The van der Waals surface area contributed by atoms with Gasteiger partial charge in [0.1, 0.15) is 0 Å². The van der Waals surface area contributed by atoms with Crippen LogP contribution >= 0.6 is 0 Å². The van der Waals surface area contributed by atoms with Crippen LogP contribution in [-0.2, 0) is 22.7 Å². The molecule has 0 amide bonds. The Balaban J connectivity index is 1.76. The molecular formula is C63H84N2. The van der Waals surface area contributed by atoms with Crippen LogP contribution < -0.4 is 9.80 Å². The number of anilines is 4. The fourth-order valence-corrected chi connectivity index (χ4v) is 10.6. The van der Waals surface area contributed by atoms with Gasteiger partial charge in [0.15, 0.2) is 0 Å². The van der Waals surface area contributed by atoms with E-state index in [1.54, 1.807) is 0 Å². The van der Waals surface area contributed by atoms with E-state index in [4.69, 9.17) is 6.58 Å². The van der Waals surface area contributed by atoms with E-state index < -0.39 is 0 Å². The fraction of sp³-hybridized carbons (Fsp3) is 0.460. The van der Waals surface area contributed by atoms with E-state index in [0.29, 0.717) is 0 Å². The molecule has 2 heteroatoms. The Hall–Kier alpha value is -4.82. The lowest BCUT2D eigenvalue weighted by Crippen LogP contribution is -2.24. The van der Waals surface area contributed by atoms with Gasteiger partial charge >= 0.3 is 0 Å². The third-order valence-electron chi connectivity index (χ3n) is 14.9. The number of hydrogen-bond acceptors (Lipinski definition) is 2. The average Bonchev–Trinajstić information content (AvgIpc) is 3.58. The summed E-state index contributed by atoms with van der Waals surface area (Å²) in [5.74, 6) is 0. The molecule has 0 aromatic heterocycles. The monoisotopic (exact) mass is 869 g/mol. The molecule has 0 N–H and O–H groups in total. The number of hydrogen-bond donors (Lipinski definition) is 0. The van der Waals surface area contributed by atoms with Crippen molar-refractivity contribution >= 4 is 22.7 Å². The normalized spacial score (nSPS) is 18.6. The molecule has 2 aliphatic carbocycles. The van der Waals surface area contributed by atoms with Crippen molar-refractivity contribution in [3.05, 3.63) is 165 Å². The van der Waals surface area contributed by atoms with Crippen LogP contribution in [0.1, 0.15) is 171 Å². The predicted molar refractivity (Wildman–Crippen MR) is 287 cm³/mol. The van der Waals surface area contributed by atoms with Gasteiger partial charge in [0.2, 0.25) is 0 Å². The quantitative estimate of drug-likeness (QED) is 0.155. The zero-order valence-electron chi connectivity index (χ0n) is 44.5. The minimum Gasteiger partial charge on any atom is -0.315 e. The first-order chi connectivity index (χ1) is 29.9. The molecule has 0 atom stereocenters. The van der Waals surface area contributed by atoms with E-state index in [9.17, 15) is 0 Å². The second-order valence-corrected chi connectivity index (χ2v) is 24.7. The lowest BCUT2D eigenvalue weighted by Gasteiger charge is -2.37. The van der Waals surface area contributed by atoms with E-state index in [-0.39, 0.29) is 32.5 Å². The molecule has 346 valence electrons. The van der Waals surface area contributed by atoms with E-state index in [1.807, 2.05) is 0 Å². The van der Waals surface area contributed by atoms with E-state index in [0.717, 1.165) is 36.3 Å². The number of nitrogens with zero attached hydrogens (tertiary/aromatic N) is 2. The number of benzene rings is 4. The van der Waals surface area contributed by atoms with Crippen LogP contribution in [0.15, 0.2) is 132 Å². The maximum atomic E-state index is 5.00. The van der Waals surface area contributed by atoms with Crippen molar-refractivity contribution < 1.29 is 0 Å². The van der Waals surface area contributed by atoms with Gasteiger partial charge in [0.05, 0.1) is 17.1 Å². The largest absolute Gasteiger partial charge is 0.315 e. The number of fused-ring (bicyclic) bond motifs is 1. The molecule has 4 aromatic rings. The highest BCUT2D eigenvalue weighted by atomic mass is 15.2. The molecule has 0 unspecified atom stereocenters. The summed E-state index contributed by atoms with van der Waals surface area (Å²) in [4.78, 5) is 5.08. The zero-order valence-corrected chi connectivity index (χ0v) is 44.5. The molecule has 0 heterocycles. The van der Waals surface area contributed by atoms with Gasteiger partial charge in [0, 0.05) is 22.6 Å². The Morgan fingerprint density at radius 2 is 1.25 bits per heavy atom. The van der Waals surface area contributed by atoms with Crippen molar-refractivity contribution in [1.82, 2.24) is 0 Å². The van der Waals surface area contributed by atoms with Gasteiger partial charge in [0.25, 0.3) is 0 Å². The van der Waals surface area contributed by atoms with Crippen molar-refractivity contribution in [2.75, 3.05) is 9.80 Å². The summed E-state index contributed by atoms with van der Waals surface area (Å²) >= 11 is 0. The van der Waals surface area contributed by atoms with Crippen LogP contribution in [-0.4, -0.2) is 0 Å². The van der Waals surface area contributed by atoms with Crippen LogP contribution in [0.25, 0.3) is 11.1 Å². The summed E-state index contributed by atoms with van der Waals surface area (Å²) in [6, 6.07) is 28.2. The van der Waals surface area contributed by atoms with Gasteiger partial charge in [-0.15, -0.1) is 0 Å². The number of aryl methyl sites for hydroxylation is 2. The third kappa shape index (κ3) is 9.99. The smallest absolute Gasteiger partial charge is 0.0540 e. The minimum absolute atomic E-state index is 0.00348. The van der Waals surface area contributed by atoms with Gasteiger partial charge in [-0.2, -0.15) is 0 Å². The molecule has 1 saturated carbocycles. The first kappa shape index (κ1) is 49.6. The molecule has 6 rings (SSSR count). The van der Waals surface area contributed by atoms with Crippen LogP contribution in [0.4, 0.5) is 22.7 Å². The van der Waals surface area contributed by atoms with Crippen molar-refractivity contribution in [2.24, 2.45) is 16.2 Å². The highest BCUT2D eigenvalue weighted by Gasteiger charge is 2.44. The van der Waals surface area contributed by atoms with Crippen LogP contribution in [0, 0.1) is 30.1 Å². The van der Waals surface area contributed by atoms with Gasteiger partial charge < -0.3 is 9.80 Å². The lowest BCUT2D eigenvalue weighted by molar-refractivity contribution is 0.338. The first-order valence-electron chi connectivity index (χ1n) is 24.4. The molecule has 0 spiro atoms. The van der Waals surface area contributed by atoms with E-state index in [2.05, 4.69) is 245 Å². The Morgan fingerprint density at radius 3 is 1.83 bits per heavy atom. The topological polar surface area (TPSA) is 6.48 Å². The summed E-state index contributed by atoms with van der Waals surface area (Å²) in [6.07, 6.45) is 12.8. The van der Waals surface area contributed by atoms with Crippen LogP contribution in [0.5, 0.6) is 0 Å². The van der Waals surface area contributed by atoms with Gasteiger partial charge in [-0.05, 0) is 179 Å². The van der Waals surface area contributed by atoms with Crippen molar-refractivity contribution in [3.8, 4) is 11.1 Å². The molecule has 0 radical (unpaired) electrons. The minimum atomic E-state index is -0.155. The first-order valence-corrected chi connectivity index (χ1v) is 24.4. The van der Waals surface area contributed by atoms with Crippen molar-refractivity contribution in [3.63, 3.8) is 0 Å². The van der Waals surface area contributed by atoms with E-state index >= 15 is 0 Å². The van der Waals surface area contributed by atoms with Crippen molar-refractivity contribution in [2.45, 2.75) is 174 Å². The highest BCUT2D eigenvalue weighted by Crippen LogP contribution is 2.57. The average molecular weight is 869 g/mol. The molecule has 0 bridgehead atoms. The molecule has 4 aromatic carbocycles. The second kappa shape index (κ2) is 17.4. The maximum Gasteiger partial charge on any atom is 0.0540 e. The Labute approximate surface area is 397 Å². The molecule has 1 fully saturated rings. The second-order valence-electron chi connectivity index (χ2n) is 24.7. The lowest BCUT2D eigenvalue weighted by atomic mass is 9.83. The molecular weight excluding hydrogens is 785 g/mol. The Kier molecular flexibility index (Phi) is 13.3. The zero-order chi connectivity index (χ0) is 48.4. The Bertz CT molecular complexity index is 2590. The van der Waals surface area contributed by atoms with Crippen LogP contribution in [0.2, 0.25) is 0 Å². The van der Waals surface area contributed by atoms with Gasteiger partial charge in [-0.3, -0.25) is 0 Å². The summed E-state index contributed by atoms with van der Waals surface area (Å²) in [5.41, 5.74) is 21.5. The van der Waals surface area contributed by atoms with E-state index in [1.165, 1.54) is 78.3 Å². The van der Waals surface area contributed by atoms with Gasteiger partial charge in [-0.1, -0.05) is 171 Å². The standard InChI is InChI=1S/C63H84N2/c1-22-51-53(63(20,21)40-62(51,18)19)35-44(5)64(43(4)29-28-42(3)58(7,8)9)56-37-49(60(13,14)15)38-57(45(56)6)65(55-39-52-47(34-41(55)2)32-33-61(52,16)17)54-31-30-48(59(10,11)12)36-50(54)46-26-24-23-25-27-46/h22-31,34-39H,5,32-33,40H2,1-4,6-21H3/b42-28+,43-29+,51-22+,53-35?. The molecule has 2 nitrogen and oxygen atoms in total. The number of rotatable bonds is 9. The molecule has 0 saturated heterocycles. The summed E-state index contributed by atoms with van der Waals surface area (Å²) in [6.45, 7) is 51.8. The van der Waals surface area contributed by atoms with Crippen LogP contribution in [0.3, 0.4) is 0 Å². The summed E-state index contributed by atoms with van der Waals surface area (Å²) in [7, 11) is 0. The Morgan fingerprint density at radius 1 is 0.646 bits per heavy atom. The molecule has 0 aliphatic heterocycles. The third-order valence-corrected chi connectivity index (χ3v) is 14.9. The number of allylic oxidation sites excluding steroid dienone is 8. The van der Waals surface area contributed by atoms with Gasteiger partial charge in [-0.25, -0.2) is 0 Å².